The van der Waals surface area contributed by atoms with Crippen molar-refractivity contribution in [2.45, 2.75) is 13.1 Å². The minimum absolute atomic E-state index is 0.634. The zero-order valence-corrected chi connectivity index (χ0v) is 14.2. The second kappa shape index (κ2) is 8.10. The van der Waals surface area contributed by atoms with Crippen LogP contribution in [-0.4, -0.2) is 24.1 Å². The summed E-state index contributed by atoms with van der Waals surface area (Å²) in [4.78, 5) is 4.20. The van der Waals surface area contributed by atoms with Crippen LogP contribution in [0.25, 0.3) is 0 Å². The maximum absolute atomic E-state index is 6.19. The second-order valence-electron chi connectivity index (χ2n) is 4.51. The highest BCUT2D eigenvalue weighted by Gasteiger charge is 2.03. The van der Waals surface area contributed by atoms with Crippen LogP contribution < -0.4 is 10.6 Å². The Hall–Kier alpha value is -1.46. The van der Waals surface area contributed by atoms with E-state index in [-0.39, 0.29) is 0 Å². The monoisotopic (exact) mass is 368 g/mol. The van der Waals surface area contributed by atoms with E-state index in [4.69, 9.17) is 11.6 Å². The molecule has 4 nitrogen and oxygen atoms in total. The molecular weight excluding hydrogens is 352 g/mol. The van der Waals surface area contributed by atoms with Gasteiger partial charge in [-0.1, -0.05) is 33.6 Å². The van der Waals surface area contributed by atoms with Gasteiger partial charge in [0.15, 0.2) is 5.96 Å². The van der Waals surface area contributed by atoms with E-state index in [1.54, 1.807) is 7.05 Å². The summed E-state index contributed by atoms with van der Waals surface area (Å²) in [6.07, 6.45) is 4.08. The van der Waals surface area contributed by atoms with Crippen molar-refractivity contribution in [2.24, 2.45) is 4.99 Å². The first-order chi connectivity index (χ1) is 10.2. The Bertz CT molecular complexity index is 596. The molecule has 0 atom stereocenters. The molecule has 21 heavy (non-hydrogen) atoms. The van der Waals surface area contributed by atoms with Gasteiger partial charge in [0.25, 0.3) is 0 Å². The quantitative estimate of drug-likeness (QED) is 0.627. The van der Waals surface area contributed by atoms with Gasteiger partial charge >= 0.3 is 0 Å². The Balaban J connectivity index is 1.79. The van der Waals surface area contributed by atoms with Crippen LogP contribution >= 0.6 is 27.5 Å². The molecule has 0 aliphatic carbocycles. The maximum atomic E-state index is 6.19. The summed E-state index contributed by atoms with van der Waals surface area (Å²) in [5, 5.41) is 7.27. The summed E-state index contributed by atoms with van der Waals surface area (Å²) < 4.78 is 3.09. The molecule has 1 aromatic heterocycles. The van der Waals surface area contributed by atoms with Crippen molar-refractivity contribution in [2.75, 3.05) is 13.6 Å². The number of nitrogens with one attached hydrogen (secondary N) is 2. The lowest BCUT2D eigenvalue weighted by Gasteiger charge is -2.13. The lowest BCUT2D eigenvalue weighted by Crippen LogP contribution is -2.38. The number of nitrogens with zero attached hydrogens (tertiary/aromatic N) is 2. The van der Waals surface area contributed by atoms with Crippen molar-refractivity contribution < 1.29 is 0 Å². The second-order valence-corrected chi connectivity index (χ2v) is 5.83. The normalized spacial score (nSPS) is 11.5. The van der Waals surface area contributed by atoms with E-state index in [0.717, 1.165) is 34.1 Å². The minimum atomic E-state index is 0.634. The van der Waals surface area contributed by atoms with Crippen LogP contribution in [0.2, 0.25) is 5.02 Å². The summed E-state index contributed by atoms with van der Waals surface area (Å²) in [5.41, 5.74) is 1.04. The summed E-state index contributed by atoms with van der Waals surface area (Å²) >= 11 is 9.59. The fourth-order valence-corrected chi connectivity index (χ4v) is 2.63. The molecule has 0 saturated heterocycles. The molecule has 0 radical (unpaired) electrons. The molecule has 0 spiro atoms. The number of aliphatic imine (C=N–C) groups is 1. The Kier molecular flexibility index (Phi) is 6.14. The van der Waals surface area contributed by atoms with E-state index in [1.807, 2.05) is 42.7 Å². The number of aromatic nitrogens is 1. The SMILES string of the molecule is CN=C(NCCn1cccc1)NCc1ccc(Br)cc1Cl. The molecule has 0 amide bonds. The number of guanidine groups is 1. The number of rotatable bonds is 5. The molecule has 2 rings (SSSR count). The van der Waals surface area contributed by atoms with Gasteiger partial charge in [0.1, 0.15) is 0 Å². The van der Waals surface area contributed by atoms with Crippen molar-refractivity contribution in [3.8, 4) is 0 Å². The molecule has 0 unspecified atom stereocenters. The number of hydrogen-bond donors (Lipinski definition) is 2. The molecular formula is C15H18BrClN4. The molecule has 0 bridgehead atoms. The van der Waals surface area contributed by atoms with Gasteiger partial charge in [-0.25, -0.2) is 0 Å². The van der Waals surface area contributed by atoms with Crippen LogP contribution in [-0.2, 0) is 13.1 Å². The lowest BCUT2D eigenvalue weighted by molar-refractivity contribution is 0.665. The summed E-state index contributed by atoms with van der Waals surface area (Å²) in [5.74, 6) is 0.765. The molecule has 2 aromatic rings. The molecule has 1 aromatic carbocycles. The lowest BCUT2D eigenvalue weighted by atomic mass is 10.2. The van der Waals surface area contributed by atoms with E-state index in [0.29, 0.717) is 6.54 Å². The largest absolute Gasteiger partial charge is 0.355 e. The highest BCUT2D eigenvalue weighted by Crippen LogP contribution is 2.20. The third kappa shape index (κ3) is 5.10. The smallest absolute Gasteiger partial charge is 0.191 e. The molecule has 0 saturated carbocycles. The Morgan fingerprint density at radius 3 is 2.71 bits per heavy atom. The van der Waals surface area contributed by atoms with Gasteiger partial charge in [0.2, 0.25) is 0 Å². The maximum Gasteiger partial charge on any atom is 0.191 e. The van der Waals surface area contributed by atoms with Crippen molar-refractivity contribution >= 4 is 33.5 Å². The zero-order valence-electron chi connectivity index (χ0n) is 11.8. The van der Waals surface area contributed by atoms with Crippen LogP contribution in [0.15, 0.2) is 52.2 Å². The van der Waals surface area contributed by atoms with E-state index in [9.17, 15) is 0 Å². The highest BCUT2D eigenvalue weighted by atomic mass is 79.9. The first-order valence-corrected chi connectivity index (χ1v) is 7.85. The highest BCUT2D eigenvalue weighted by molar-refractivity contribution is 9.10. The summed E-state index contributed by atoms with van der Waals surface area (Å²) in [6.45, 7) is 2.34. The third-order valence-electron chi connectivity index (χ3n) is 3.01. The Morgan fingerprint density at radius 1 is 1.29 bits per heavy atom. The Morgan fingerprint density at radius 2 is 2.05 bits per heavy atom. The first kappa shape index (κ1) is 15.9. The average molecular weight is 370 g/mol. The van der Waals surface area contributed by atoms with Gasteiger partial charge in [-0.2, -0.15) is 0 Å². The topological polar surface area (TPSA) is 41.4 Å². The summed E-state index contributed by atoms with van der Waals surface area (Å²) in [7, 11) is 1.76. The molecule has 112 valence electrons. The van der Waals surface area contributed by atoms with Crippen molar-refractivity contribution in [3.05, 3.63) is 57.8 Å². The standard InChI is InChI=1S/C15H18BrClN4/c1-18-15(19-6-9-21-7-2-3-8-21)20-11-12-4-5-13(16)10-14(12)17/h2-5,7-8,10H,6,9,11H2,1H3,(H2,18,19,20). The van der Waals surface area contributed by atoms with Gasteiger partial charge in [-0.3, -0.25) is 4.99 Å². The van der Waals surface area contributed by atoms with Gasteiger partial charge < -0.3 is 15.2 Å². The molecule has 6 heteroatoms. The van der Waals surface area contributed by atoms with Crippen LogP contribution in [0.3, 0.4) is 0 Å². The van der Waals surface area contributed by atoms with E-state index >= 15 is 0 Å². The predicted molar refractivity (Wildman–Crippen MR) is 91.8 cm³/mol. The van der Waals surface area contributed by atoms with Gasteiger partial charge in [0, 0.05) is 48.6 Å². The van der Waals surface area contributed by atoms with E-state index in [1.165, 1.54) is 0 Å². The van der Waals surface area contributed by atoms with E-state index < -0.39 is 0 Å². The predicted octanol–water partition coefficient (Wildman–Crippen LogP) is 3.27. The fraction of sp³-hybridized carbons (Fsp3) is 0.267. The van der Waals surface area contributed by atoms with Crippen LogP contribution in [0.1, 0.15) is 5.56 Å². The van der Waals surface area contributed by atoms with Gasteiger partial charge in [-0.05, 0) is 29.8 Å². The molecule has 0 aliphatic heterocycles. The van der Waals surface area contributed by atoms with Crippen LogP contribution in [0, 0.1) is 0 Å². The number of halogens is 2. The van der Waals surface area contributed by atoms with Crippen LogP contribution in [0.4, 0.5) is 0 Å². The van der Waals surface area contributed by atoms with Crippen molar-refractivity contribution in [1.82, 2.24) is 15.2 Å². The van der Waals surface area contributed by atoms with Crippen LogP contribution in [0.5, 0.6) is 0 Å². The first-order valence-electron chi connectivity index (χ1n) is 6.68. The van der Waals surface area contributed by atoms with Crippen molar-refractivity contribution in [3.63, 3.8) is 0 Å². The Labute approximate surface area is 138 Å². The molecule has 0 fully saturated rings. The molecule has 2 N–H and O–H groups in total. The molecule has 1 heterocycles. The average Bonchev–Trinajstić information content (AvgIpc) is 2.97. The number of hydrogen-bond acceptors (Lipinski definition) is 1. The molecule has 0 aliphatic rings. The third-order valence-corrected chi connectivity index (χ3v) is 3.86. The van der Waals surface area contributed by atoms with Gasteiger partial charge in [0.05, 0.1) is 0 Å². The number of benzene rings is 1. The van der Waals surface area contributed by atoms with E-state index in [2.05, 4.69) is 36.1 Å². The van der Waals surface area contributed by atoms with Crippen molar-refractivity contribution in [1.29, 1.82) is 0 Å². The van der Waals surface area contributed by atoms with Gasteiger partial charge in [-0.15, -0.1) is 0 Å². The zero-order chi connectivity index (χ0) is 15.1. The summed E-state index contributed by atoms with van der Waals surface area (Å²) in [6, 6.07) is 9.89. The fourth-order valence-electron chi connectivity index (χ4n) is 1.89. The minimum Gasteiger partial charge on any atom is -0.355 e.